The molecule has 1 aliphatic carbocycles. The molecule has 1 unspecified atom stereocenters. The van der Waals surface area contributed by atoms with Crippen LogP contribution in [0.25, 0.3) is 11.1 Å². The highest BCUT2D eigenvalue weighted by molar-refractivity contribution is 5.89. The van der Waals surface area contributed by atoms with E-state index in [0.717, 1.165) is 22.3 Å². The lowest BCUT2D eigenvalue weighted by Gasteiger charge is -2.35. The summed E-state index contributed by atoms with van der Waals surface area (Å²) in [4.78, 5) is 25.6. The van der Waals surface area contributed by atoms with Gasteiger partial charge in [0.05, 0.1) is 6.54 Å². The number of ether oxygens (including phenoxy) is 1. The molecular weight excluding hydrogens is 345 g/mol. The Balaban J connectivity index is 1.49. The van der Waals surface area contributed by atoms with Gasteiger partial charge < -0.3 is 9.64 Å². The van der Waals surface area contributed by atoms with Crippen LogP contribution in [-0.2, 0) is 9.53 Å². The summed E-state index contributed by atoms with van der Waals surface area (Å²) in [6.45, 7) is 1.81. The number of halogens is 1. The Morgan fingerprint density at radius 3 is 2.33 bits per heavy atom. The van der Waals surface area contributed by atoms with E-state index in [-0.39, 0.29) is 38.5 Å². The van der Waals surface area contributed by atoms with E-state index in [1.807, 2.05) is 24.3 Å². The number of ketones is 1. The molecule has 2 aromatic rings. The van der Waals surface area contributed by atoms with Gasteiger partial charge in [0.1, 0.15) is 6.61 Å². The minimum atomic E-state index is -1.95. The van der Waals surface area contributed by atoms with E-state index in [0.29, 0.717) is 0 Å². The molecule has 4 nitrogen and oxygen atoms in total. The van der Waals surface area contributed by atoms with Crippen LogP contribution in [0.3, 0.4) is 0 Å². The first kappa shape index (κ1) is 17.7. The van der Waals surface area contributed by atoms with Crippen molar-refractivity contribution in [2.45, 2.75) is 31.4 Å². The van der Waals surface area contributed by atoms with Gasteiger partial charge in [0.25, 0.3) is 0 Å². The van der Waals surface area contributed by atoms with Crippen LogP contribution < -0.4 is 0 Å². The molecule has 1 atom stereocenters. The average Bonchev–Trinajstić information content (AvgIpc) is 3.02. The van der Waals surface area contributed by atoms with E-state index in [1.54, 1.807) is 6.92 Å². The number of likely N-dealkylation sites (tertiary alicyclic amines) is 1. The molecular formula is C22H22FNO3. The molecule has 1 saturated heterocycles. The molecule has 2 aromatic carbocycles. The Kier molecular flexibility index (Phi) is 4.46. The monoisotopic (exact) mass is 367 g/mol. The molecule has 27 heavy (non-hydrogen) atoms. The van der Waals surface area contributed by atoms with Gasteiger partial charge >= 0.3 is 6.09 Å². The molecule has 1 heterocycles. The molecule has 2 aliphatic rings. The molecule has 1 amide bonds. The second-order valence-corrected chi connectivity index (χ2v) is 7.22. The number of hydrogen-bond donors (Lipinski definition) is 0. The van der Waals surface area contributed by atoms with Gasteiger partial charge in [-0.2, -0.15) is 0 Å². The second kappa shape index (κ2) is 6.80. The minimum absolute atomic E-state index is 0.0333. The standard InChI is InChI=1S/C22H22FNO3/c1-2-22(23)14-24(12-11-20(22)25)21(26)27-13-19-17-9-5-3-7-15(17)16-8-4-6-10-18(16)19/h3-10,19H,2,11-14H2,1H3. The number of hydrogen-bond acceptors (Lipinski definition) is 3. The molecule has 0 spiro atoms. The van der Waals surface area contributed by atoms with Gasteiger partial charge in [-0.15, -0.1) is 0 Å². The molecule has 5 heteroatoms. The highest BCUT2D eigenvalue weighted by atomic mass is 19.1. The third kappa shape index (κ3) is 3.01. The lowest BCUT2D eigenvalue weighted by molar-refractivity contribution is -0.135. The number of amides is 1. The van der Waals surface area contributed by atoms with Crippen LogP contribution in [-0.4, -0.2) is 42.1 Å². The summed E-state index contributed by atoms with van der Waals surface area (Å²) in [5.41, 5.74) is 2.63. The van der Waals surface area contributed by atoms with Gasteiger partial charge in [-0.3, -0.25) is 4.79 Å². The van der Waals surface area contributed by atoms with Crippen molar-refractivity contribution in [3.05, 3.63) is 59.7 Å². The largest absolute Gasteiger partial charge is 0.448 e. The molecule has 0 saturated carbocycles. The van der Waals surface area contributed by atoms with Gasteiger partial charge in [-0.1, -0.05) is 55.5 Å². The van der Waals surface area contributed by atoms with Gasteiger partial charge in [-0.05, 0) is 28.7 Å². The molecule has 4 rings (SSSR count). The molecule has 0 aromatic heterocycles. The Bertz CT molecular complexity index is 851. The van der Waals surface area contributed by atoms with Crippen molar-refractivity contribution < 1.29 is 18.7 Å². The van der Waals surface area contributed by atoms with E-state index >= 15 is 0 Å². The number of piperidine rings is 1. The third-order valence-electron chi connectivity index (χ3n) is 5.70. The van der Waals surface area contributed by atoms with E-state index in [4.69, 9.17) is 4.74 Å². The Morgan fingerprint density at radius 1 is 1.15 bits per heavy atom. The maximum Gasteiger partial charge on any atom is 0.409 e. The molecule has 0 radical (unpaired) electrons. The maximum absolute atomic E-state index is 14.6. The number of carbonyl (C=O) groups excluding carboxylic acids is 2. The number of Topliss-reactive ketones (excluding diaryl/α,β-unsaturated/α-hetero) is 1. The number of carbonyl (C=O) groups is 2. The van der Waals surface area contributed by atoms with E-state index < -0.39 is 17.5 Å². The quantitative estimate of drug-likeness (QED) is 0.811. The number of rotatable bonds is 3. The normalized spacial score (nSPS) is 21.7. The van der Waals surface area contributed by atoms with Gasteiger partial charge in [0, 0.05) is 18.9 Å². The highest BCUT2D eigenvalue weighted by Gasteiger charge is 2.43. The summed E-state index contributed by atoms with van der Waals surface area (Å²) in [7, 11) is 0. The van der Waals surface area contributed by atoms with Crippen molar-refractivity contribution in [1.29, 1.82) is 0 Å². The molecule has 0 bridgehead atoms. The predicted octanol–water partition coefficient (Wildman–Crippen LogP) is 4.33. The summed E-state index contributed by atoms with van der Waals surface area (Å²) in [5.74, 6) is -0.457. The average molecular weight is 367 g/mol. The number of alkyl halides is 1. The van der Waals surface area contributed by atoms with Crippen molar-refractivity contribution in [2.75, 3.05) is 19.7 Å². The zero-order valence-electron chi connectivity index (χ0n) is 15.3. The van der Waals surface area contributed by atoms with Crippen LogP contribution in [0.2, 0.25) is 0 Å². The first-order chi connectivity index (χ1) is 13.0. The maximum atomic E-state index is 14.6. The van der Waals surface area contributed by atoms with Crippen LogP contribution >= 0.6 is 0 Å². The van der Waals surface area contributed by atoms with Gasteiger partial charge in [0.2, 0.25) is 0 Å². The number of nitrogens with zero attached hydrogens (tertiary/aromatic N) is 1. The third-order valence-corrected chi connectivity index (χ3v) is 5.70. The molecule has 1 fully saturated rings. The van der Waals surface area contributed by atoms with Crippen LogP contribution in [0.15, 0.2) is 48.5 Å². The lowest BCUT2D eigenvalue weighted by Crippen LogP contribution is -2.53. The molecule has 0 N–H and O–H groups in total. The van der Waals surface area contributed by atoms with E-state index in [9.17, 15) is 14.0 Å². The Hall–Kier alpha value is -2.69. The first-order valence-electron chi connectivity index (χ1n) is 9.35. The van der Waals surface area contributed by atoms with Crippen molar-refractivity contribution in [3.63, 3.8) is 0 Å². The number of benzene rings is 2. The van der Waals surface area contributed by atoms with Crippen molar-refractivity contribution in [1.82, 2.24) is 4.90 Å². The highest BCUT2D eigenvalue weighted by Crippen LogP contribution is 2.44. The second-order valence-electron chi connectivity index (χ2n) is 7.22. The lowest BCUT2D eigenvalue weighted by atomic mass is 9.91. The van der Waals surface area contributed by atoms with Crippen molar-refractivity contribution in [3.8, 4) is 11.1 Å². The smallest absolute Gasteiger partial charge is 0.409 e. The van der Waals surface area contributed by atoms with Gasteiger partial charge in [0.15, 0.2) is 11.5 Å². The number of fused-ring (bicyclic) bond motifs is 3. The van der Waals surface area contributed by atoms with Crippen LogP contribution in [0.1, 0.15) is 36.8 Å². The zero-order chi connectivity index (χ0) is 19.0. The van der Waals surface area contributed by atoms with Crippen molar-refractivity contribution >= 4 is 11.9 Å². The van der Waals surface area contributed by atoms with Gasteiger partial charge in [-0.25, -0.2) is 9.18 Å². The molecule has 140 valence electrons. The zero-order valence-corrected chi connectivity index (χ0v) is 15.3. The predicted molar refractivity (Wildman–Crippen MR) is 100 cm³/mol. The SMILES string of the molecule is CCC1(F)CN(C(=O)OCC2c3ccccc3-c3ccccc32)CCC1=O. The fourth-order valence-electron chi connectivity index (χ4n) is 4.08. The Morgan fingerprint density at radius 2 is 1.74 bits per heavy atom. The summed E-state index contributed by atoms with van der Waals surface area (Å²) < 4.78 is 20.2. The molecule has 1 aliphatic heterocycles. The first-order valence-corrected chi connectivity index (χ1v) is 9.35. The van der Waals surface area contributed by atoms with Crippen LogP contribution in [0, 0.1) is 0 Å². The van der Waals surface area contributed by atoms with Crippen LogP contribution in [0.5, 0.6) is 0 Å². The van der Waals surface area contributed by atoms with E-state index in [1.165, 1.54) is 4.90 Å². The van der Waals surface area contributed by atoms with Crippen LogP contribution in [0.4, 0.5) is 9.18 Å². The van der Waals surface area contributed by atoms with E-state index in [2.05, 4.69) is 24.3 Å². The summed E-state index contributed by atoms with van der Waals surface area (Å²) in [6.07, 6.45) is -0.451. The Labute approximate surface area is 157 Å². The summed E-state index contributed by atoms with van der Waals surface area (Å²) >= 11 is 0. The minimum Gasteiger partial charge on any atom is -0.448 e. The topological polar surface area (TPSA) is 46.6 Å². The summed E-state index contributed by atoms with van der Waals surface area (Å²) in [5, 5.41) is 0. The van der Waals surface area contributed by atoms with Crippen molar-refractivity contribution in [2.24, 2.45) is 0 Å². The summed E-state index contributed by atoms with van der Waals surface area (Å²) in [6, 6.07) is 16.2. The fraction of sp³-hybridized carbons (Fsp3) is 0.364. The fourth-order valence-corrected chi connectivity index (χ4v) is 4.08.